The molecule has 0 fully saturated rings. The van der Waals surface area contributed by atoms with Crippen LogP contribution in [-0.2, 0) is 9.59 Å². The monoisotopic (exact) mass is 504 g/mol. The number of carboxylic acids is 1. The Morgan fingerprint density at radius 3 is 1.60 bits per heavy atom. The van der Waals surface area contributed by atoms with Gasteiger partial charge in [-0.25, -0.2) is 0 Å². The van der Waals surface area contributed by atoms with E-state index < -0.39 is 17.9 Å². The van der Waals surface area contributed by atoms with Crippen LogP contribution in [0.25, 0.3) is 0 Å². The number of rotatable bonds is 24. The summed E-state index contributed by atoms with van der Waals surface area (Å²) in [4.78, 5) is 27.1. The molecule has 2 N–H and O–H groups in total. The van der Waals surface area contributed by atoms with Crippen molar-refractivity contribution in [2.45, 2.75) is 149 Å². The summed E-state index contributed by atoms with van der Waals surface area (Å²) in [6.45, 7) is 6.72. The summed E-state index contributed by atoms with van der Waals surface area (Å²) in [6.07, 6.45) is 21.3. The topological polar surface area (TPSA) is 102 Å². The van der Waals surface area contributed by atoms with Gasteiger partial charge in [-0.3, -0.25) is 14.6 Å². The molecule has 200 valence electrons. The molecule has 0 rings (SSSR count). The smallest absolute Gasteiger partial charge is 0.862 e. The van der Waals surface area contributed by atoms with E-state index in [1.807, 2.05) is 13.8 Å². The van der Waals surface area contributed by atoms with Crippen molar-refractivity contribution in [3.8, 4) is 0 Å². The molecule has 0 spiro atoms. The Morgan fingerprint density at radius 1 is 0.771 bits per heavy atom. The van der Waals surface area contributed by atoms with Crippen LogP contribution in [0.1, 0.15) is 143 Å². The van der Waals surface area contributed by atoms with E-state index in [1.165, 1.54) is 89.9 Å². The molecule has 0 bridgehead atoms. The van der Waals surface area contributed by atoms with Gasteiger partial charge in [-0.2, -0.15) is 0 Å². The van der Waals surface area contributed by atoms with E-state index in [0.29, 0.717) is 6.54 Å². The fraction of sp³-hybridized carbons (Fsp3) is 0.893. The number of hydrogen-bond donors (Lipinski definition) is 2. The number of carbonyl (C=O) groups is 2. The van der Waals surface area contributed by atoms with Crippen LogP contribution in [0.3, 0.4) is 0 Å². The molecule has 7 heteroatoms. The molecule has 0 aromatic heterocycles. The predicted molar refractivity (Wildman–Crippen MR) is 140 cm³/mol. The summed E-state index contributed by atoms with van der Waals surface area (Å²) in [7, 11) is 0. The Balaban J connectivity index is 0. The number of unbranched alkanes of at least 4 members (excludes halogenated alkanes) is 15. The Bertz CT molecular complexity index is 543. The van der Waals surface area contributed by atoms with Crippen molar-refractivity contribution in [2.24, 2.45) is 10.9 Å². The molecule has 0 aromatic carbocycles. The molecule has 0 saturated heterocycles. The van der Waals surface area contributed by atoms with Gasteiger partial charge in [-0.15, -0.1) is 0 Å². The Hall–Kier alpha value is -0.590. The normalized spacial score (nSPS) is 13.2. The maximum atomic E-state index is 12.5. The van der Waals surface area contributed by atoms with Crippen molar-refractivity contribution in [1.82, 2.24) is 5.32 Å². The largest absolute Gasteiger partial charge is 1.00 e. The third-order valence-electron chi connectivity index (χ3n) is 6.62. The van der Waals surface area contributed by atoms with Crippen molar-refractivity contribution in [1.29, 1.82) is 0 Å². The molecule has 6 nitrogen and oxygen atoms in total. The van der Waals surface area contributed by atoms with Gasteiger partial charge in [-0.1, -0.05) is 124 Å². The van der Waals surface area contributed by atoms with Crippen molar-refractivity contribution < 1.29 is 49.4 Å². The van der Waals surface area contributed by atoms with Crippen LogP contribution in [0.15, 0.2) is 4.99 Å². The fourth-order valence-electron chi connectivity index (χ4n) is 4.09. The van der Waals surface area contributed by atoms with Gasteiger partial charge in [0.15, 0.2) is 0 Å². The van der Waals surface area contributed by atoms with Gasteiger partial charge >= 0.3 is 35.5 Å². The van der Waals surface area contributed by atoms with Gasteiger partial charge < -0.3 is 15.5 Å². The molecule has 35 heavy (non-hydrogen) atoms. The first-order valence-electron chi connectivity index (χ1n) is 14.2. The first-order chi connectivity index (χ1) is 16.4. The average molecular weight is 505 g/mol. The van der Waals surface area contributed by atoms with E-state index in [4.69, 9.17) is 5.11 Å². The molecule has 0 unspecified atom stereocenters. The third kappa shape index (κ3) is 23.6. The van der Waals surface area contributed by atoms with Crippen molar-refractivity contribution in [2.75, 3.05) is 6.54 Å². The summed E-state index contributed by atoms with van der Waals surface area (Å²) in [6, 6.07) is -0.729. The van der Waals surface area contributed by atoms with Gasteiger partial charge in [-0.05, 0) is 24.7 Å². The average Bonchev–Trinajstić information content (AvgIpc) is 2.82. The zero-order valence-electron chi connectivity index (χ0n) is 23.4. The van der Waals surface area contributed by atoms with Gasteiger partial charge in [0.1, 0.15) is 6.04 Å². The second-order valence-electron chi connectivity index (χ2n) is 9.84. The quantitative estimate of drug-likeness (QED) is 0.0910. The van der Waals surface area contributed by atoms with Crippen molar-refractivity contribution >= 4 is 17.8 Å². The molecule has 0 heterocycles. The SMILES string of the molecule is CCCCCCCCCCCCCCCCCCNC(=O)[C@@H](N=C([O-])CCC(=O)O)[C@@H](C)CC.[Na+]. The van der Waals surface area contributed by atoms with E-state index >= 15 is 0 Å². The van der Waals surface area contributed by atoms with Crippen LogP contribution in [0.5, 0.6) is 0 Å². The Labute approximate surface area is 237 Å². The summed E-state index contributed by atoms with van der Waals surface area (Å²) < 4.78 is 0. The number of nitrogens with zero attached hydrogens (tertiary/aromatic N) is 1. The summed E-state index contributed by atoms with van der Waals surface area (Å²) in [5.74, 6) is -1.82. The molecular formula is C28H53N2NaO4. The van der Waals surface area contributed by atoms with Crippen molar-refractivity contribution in [3.63, 3.8) is 0 Å². The van der Waals surface area contributed by atoms with Crippen LogP contribution < -0.4 is 40.0 Å². The van der Waals surface area contributed by atoms with E-state index in [-0.39, 0.29) is 54.2 Å². The molecule has 1 amide bonds. The molecule has 0 saturated carbocycles. The van der Waals surface area contributed by atoms with Gasteiger partial charge in [0.05, 0.1) is 0 Å². The summed E-state index contributed by atoms with van der Waals surface area (Å²) >= 11 is 0. The Morgan fingerprint density at radius 2 is 1.20 bits per heavy atom. The van der Waals surface area contributed by atoms with Gasteiger partial charge in [0.25, 0.3) is 0 Å². The van der Waals surface area contributed by atoms with Crippen LogP contribution in [-0.4, -0.2) is 35.5 Å². The first kappa shape index (κ1) is 36.6. The number of amides is 1. The minimum atomic E-state index is -1.03. The first-order valence-corrected chi connectivity index (χ1v) is 14.2. The third-order valence-corrected chi connectivity index (χ3v) is 6.62. The molecule has 0 aromatic rings. The number of hydrogen-bond acceptors (Lipinski definition) is 4. The van der Waals surface area contributed by atoms with Crippen molar-refractivity contribution in [3.05, 3.63) is 0 Å². The van der Waals surface area contributed by atoms with E-state index in [2.05, 4.69) is 17.2 Å². The molecule has 0 aliphatic heterocycles. The zero-order valence-corrected chi connectivity index (χ0v) is 25.4. The number of aliphatic carboxylic acids is 1. The molecule has 0 aliphatic carbocycles. The second-order valence-corrected chi connectivity index (χ2v) is 9.84. The second kappa shape index (κ2) is 26.5. The van der Waals surface area contributed by atoms with Crippen LogP contribution >= 0.6 is 0 Å². The Kier molecular flexibility index (Phi) is 27.7. The maximum Gasteiger partial charge on any atom is 1.00 e. The van der Waals surface area contributed by atoms with Crippen LogP contribution in [0, 0.1) is 5.92 Å². The van der Waals surface area contributed by atoms with Gasteiger partial charge in [0.2, 0.25) is 5.91 Å². The van der Waals surface area contributed by atoms with Gasteiger partial charge in [0, 0.05) is 13.0 Å². The number of aliphatic imine (C=N–C) groups is 1. The van der Waals surface area contributed by atoms with E-state index in [1.54, 1.807) is 0 Å². The number of carboxylic acid groups (broad SMARTS) is 1. The van der Waals surface area contributed by atoms with E-state index in [0.717, 1.165) is 19.3 Å². The number of nitrogens with one attached hydrogen (secondary N) is 1. The minimum Gasteiger partial charge on any atom is -0.862 e. The maximum absolute atomic E-state index is 12.5. The standard InChI is InChI=1S/C28H54N2O4.Na/c1-4-6-7-8-9-10-11-12-13-14-15-16-17-18-19-20-23-29-28(34)27(24(3)5-2)30-25(31)21-22-26(32)33;/h24,27H,4-23H2,1-3H3,(H,29,34)(H,30,31)(H,32,33);/q;+1/p-1/t24-,27-;/m0./s1. The fourth-order valence-corrected chi connectivity index (χ4v) is 4.09. The zero-order chi connectivity index (χ0) is 25.4. The van der Waals surface area contributed by atoms with Crippen LogP contribution in [0.4, 0.5) is 0 Å². The summed E-state index contributed by atoms with van der Waals surface area (Å²) in [5.41, 5.74) is 0. The number of carbonyl (C=O) groups excluding carboxylic acids is 1. The van der Waals surface area contributed by atoms with Crippen LogP contribution in [0.2, 0.25) is 0 Å². The molecule has 0 aliphatic rings. The molecular weight excluding hydrogens is 451 g/mol. The summed E-state index contributed by atoms with van der Waals surface area (Å²) in [5, 5.41) is 23.5. The minimum absolute atomic E-state index is 0. The molecule has 2 atom stereocenters. The predicted octanol–water partition coefficient (Wildman–Crippen LogP) is 3.41. The van der Waals surface area contributed by atoms with E-state index in [9.17, 15) is 14.7 Å². The molecule has 0 radical (unpaired) electrons.